The first-order chi connectivity index (χ1) is 8.33. The number of fused-ring (bicyclic) bond motifs is 1. The first-order valence-corrected chi connectivity index (χ1v) is 6.34. The van der Waals surface area contributed by atoms with Crippen molar-refractivity contribution in [2.45, 2.75) is 6.42 Å². The Labute approximate surface area is 109 Å². The topological polar surface area (TPSA) is 9.23 Å². The Morgan fingerprint density at radius 1 is 0.941 bits per heavy atom. The Kier molecular flexibility index (Phi) is 2.73. The normalized spacial score (nSPS) is 13.6. The number of para-hydroxylation sites is 1. The smallest absolute Gasteiger partial charge is 0.131 e. The number of halogens is 1. The van der Waals surface area contributed by atoms with Gasteiger partial charge in [-0.25, -0.2) is 0 Å². The lowest BCUT2D eigenvalue weighted by molar-refractivity contribution is 0.498. The van der Waals surface area contributed by atoms with Crippen molar-refractivity contribution in [3.63, 3.8) is 0 Å². The molecule has 1 aliphatic rings. The average molecular weight is 287 g/mol. The molecular formula is C15H11BrO. The summed E-state index contributed by atoms with van der Waals surface area (Å²) in [7, 11) is 0. The van der Waals surface area contributed by atoms with E-state index in [1.54, 1.807) is 0 Å². The molecule has 0 bridgehead atoms. The van der Waals surface area contributed by atoms with E-state index in [1.807, 2.05) is 30.3 Å². The molecule has 0 atom stereocenters. The van der Waals surface area contributed by atoms with Crippen LogP contribution in [0, 0.1) is 0 Å². The molecule has 0 saturated heterocycles. The SMILES string of the molecule is Brc1ccc(C2=CCc3ccccc3O2)cc1. The lowest BCUT2D eigenvalue weighted by atomic mass is 10.1. The van der Waals surface area contributed by atoms with Crippen LogP contribution in [-0.4, -0.2) is 0 Å². The molecule has 0 aromatic heterocycles. The zero-order chi connectivity index (χ0) is 11.7. The molecule has 2 aromatic carbocycles. The average Bonchev–Trinajstić information content (AvgIpc) is 2.39. The van der Waals surface area contributed by atoms with Gasteiger partial charge >= 0.3 is 0 Å². The summed E-state index contributed by atoms with van der Waals surface area (Å²) in [6.07, 6.45) is 3.06. The number of hydrogen-bond acceptors (Lipinski definition) is 1. The maximum atomic E-state index is 5.90. The summed E-state index contributed by atoms with van der Waals surface area (Å²) < 4.78 is 6.99. The molecule has 0 N–H and O–H groups in total. The van der Waals surface area contributed by atoms with Crippen LogP contribution in [0.1, 0.15) is 11.1 Å². The lowest BCUT2D eigenvalue weighted by Crippen LogP contribution is -2.03. The predicted octanol–water partition coefficient (Wildman–Crippen LogP) is 4.43. The summed E-state index contributed by atoms with van der Waals surface area (Å²) in [4.78, 5) is 0. The monoisotopic (exact) mass is 286 g/mol. The molecular weight excluding hydrogens is 276 g/mol. The third-order valence-electron chi connectivity index (χ3n) is 2.83. The van der Waals surface area contributed by atoms with E-state index in [0.717, 1.165) is 28.0 Å². The van der Waals surface area contributed by atoms with Gasteiger partial charge in [0, 0.05) is 10.0 Å². The summed E-state index contributed by atoms with van der Waals surface area (Å²) in [5.74, 6) is 1.91. The Morgan fingerprint density at radius 2 is 1.71 bits per heavy atom. The molecule has 3 rings (SSSR count). The fraction of sp³-hybridized carbons (Fsp3) is 0.0667. The van der Waals surface area contributed by atoms with E-state index in [0.29, 0.717) is 0 Å². The van der Waals surface area contributed by atoms with Crippen molar-refractivity contribution in [2.75, 3.05) is 0 Å². The molecule has 84 valence electrons. The number of rotatable bonds is 1. The van der Waals surface area contributed by atoms with E-state index in [2.05, 4.69) is 40.2 Å². The standard InChI is InChI=1S/C15H11BrO/c16-13-8-5-12(6-9-13)15-10-7-11-3-1-2-4-14(11)17-15/h1-6,8-10H,7H2. The molecule has 1 aliphatic heterocycles. The van der Waals surface area contributed by atoms with Crippen molar-refractivity contribution in [3.8, 4) is 5.75 Å². The second-order valence-electron chi connectivity index (χ2n) is 3.99. The van der Waals surface area contributed by atoms with Gasteiger partial charge in [-0.2, -0.15) is 0 Å². The molecule has 1 nitrogen and oxygen atoms in total. The maximum Gasteiger partial charge on any atom is 0.131 e. The molecule has 0 amide bonds. The molecule has 17 heavy (non-hydrogen) atoms. The number of hydrogen-bond donors (Lipinski definition) is 0. The molecule has 0 spiro atoms. The Bertz CT molecular complexity index is 570. The van der Waals surface area contributed by atoms with Crippen molar-refractivity contribution < 1.29 is 4.74 Å². The second kappa shape index (κ2) is 4.38. The Balaban J connectivity index is 1.93. The van der Waals surface area contributed by atoms with Gasteiger partial charge in [0.2, 0.25) is 0 Å². The predicted molar refractivity (Wildman–Crippen MR) is 72.9 cm³/mol. The van der Waals surface area contributed by atoms with Crippen LogP contribution in [0.5, 0.6) is 5.75 Å². The second-order valence-corrected chi connectivity index (χ2v) is 4.90. The van der Waals surface area contributed by atoms with Gasteiger partial charge in [0.25, 0.3) is 0 Å². The summed E-state index contributed by atoms with van der Waals surface area (Å²) >= 11 is 3.43. The van der Waals surface area contributed by atoms with Gasteiger partial charge in [-0.3, -0.25) is 0 Å². The van der Waals surface area contributed by atoms with Crippen LogP contribution in [0.2, 0.25) is 0 Å². The van der Waals surface area contributed by atoms with Crippen LogP contribution in [0.25, 0.3) is 5.76 Å². The van der Waals surface area contributed by atoms with Crippen molar-refractivity contribution in [3.05, 3.63) is 70.2 Å². The Morgan fingerprint density at radius 3 is 2.53 bits per heavy atom. The summed E-state index contributed by atoms with van der Waals surface area (Å²) in [6, 6.07) is 16.3. The molecule has 1 heterocycles. The maximum absolute atomic E-state index is 5.90. The van der Waals surface area contributed by atoms with E-state index in [4.69, 9.17) is 4.74 Å². The molecule has 0 aliphatic carbocycles. The molecule has 2 heteroatoms. The van der Waals surface area contributed by atoms with E-state index in [9.17, 15) is 0 Å². The van der Waals surface area contributed by atoms with Gasteiger partial charge < -0.3 is 4.74 Å². The zero-order valence-electron chi connectivity index (χ0n) is 9.19. The summed E-state index contributed by atoms with van der Waals surface area (Å²) in [6.45, 7) is 0. The minimum Gasteiger partial charge on any atom is -0.457 e. The van der Waals surface area contributed by atoms with Gasteiger partial charge in [-0.05, 0) is 36.3 Å². The zero-order valence-corrected chi connectivity index (χ0v) is 10.8. The fourth-order valence-electron chi connectivity index (χ4n) is 1.93. The number of benzene rings is 2. The van der Waals surface area contributed by atoms with E-state index < -0.39 is 0 Å². The van der Waals surface area contributed by atoms with Gasteiger partial charge in [0.15, 0.2) is 0 Å². The van der Waals surface area contributed by atoms with Crippen LogP contribution < -0.4 is 4.74 Å². The van der Waals surface area contributed by atoms with E-state index in [-0.39, 0.29) is 0 Å². The largest absolute Gasteiger partial charge is 0.457 e. The fourth-order valence-corrected chi connectivity index (χ4v) is 2.19. The van der Waals surface area contributed by atoms with Crippen molar-refractivity contribution in [2.24, 2.45) is 0 Å². The summed E-state index contributed by atoms with van der Waals surface area (Å²) in [5, 5.41) is 0. The van der Waals surface area contributed by atoms with Crippen LogP contribution in [0.15, 0.2) is 59.1 Å². The molecule has 0 saturated carbocycles. The lowest BCUT2D eigenvalue weighted by Gasteiger charge is -2.18. The highest BCUT2D eigenvalue weighted by atomic mass is 79.9. The van der Waals surface area contributed by atoms with Gasteiger partial charge in [0.05, 0.1) is 0 Å². The summed E-state index contributed by atoms with van der Waals surface area (Å²) in [5.41, 5.74) is 2.36. The highest BCUT2D eigenvalue weighted by Crippen LogP contribution is 2.30. The molecule has 0 fully saturated rings. The van der Waals surface area contributed by atoms with E-state index in [1.165, 1.54) is 5.56 Å². The van der Waals surface area contributed by atoms with Crippen LogP contribution in [-0.2, 0) is 6.42 Å². The van der Waals surface area contributed by atoms with Crippen LogP contribution >= 0.6 is 15.9 Å². The minimum absolute atomic E-state index is 0.932. The number of ether oxygens (including phenoxy) is 1. The highest BCUT2D eigenvalue weighted by molar-refractivity contribution is 9.10. The van der Waals surface area contributed by atoms with Crippen molar-refractivity contribution in [1.82, 2.24) is 0 Å². The van der Waals surface area contributed by atoms with Crippen molar-refractivity contribution in [1.29, 1.82) is 0 Å². The van der Waals surface area contributed by atoms with Crippen LogP contribution in [0.3, 0.4) is 0 Å². The highest BCUT2D eigenvalue weighted by Gasteiger charge is 2.12. The third kappa shape index (κ3) is 2.13. The first-order valence-electron chi connectivity index (χ1n) is 5.55. The van der Waals surface area contributed by atoms with Gasteiger partial charge in [-0.15, -0.1) is 0 Å². The van der Waals surface area contributed by atoms with Crippen molar-refractivity contribution >= 4 is 21.7 Å². The molecule has 2 aromatic rings. The van der Waals surface area contributed by atoms with E-state index >= 15 is 0 Å². The number of allylic oxidation sites excluding steroid dienone is 1. The van der Waals surface area contributed by atoms with Crippen LogP contribution in [0.4, 0.5) is 0 Å². The minimum atomic E-state index is 0.932. The van der Waals surface area contributed by atoms with Gasteiger partial charge in [0.1, 0.15) is 11.5 Å². The van der Waals surface area contributed by atoms with Gasteiger partial charge in [-0.1, -0.05) is 46.3 Å². The molecule has 0 radical (unpaired) electrons. The third-order valence-corrected chi connectivity index (χ3v) is 3.36. The quantitative estimate of drug-likeness (QED) is 0.754. The Hall–Kier alpha value is -1.54. The molecule has 0 unspecified atom stereocenters. The first kappa shape index (κ1) is 10.6.